The highest BCUT2D eigenvalue weighted by Gasteiger charge is 2.05. The molecule has 0 atom stereocenters. The molecule has 6 heteroatoms. The lowest BCUT2D eigenvalue weighted by molar-refractivity contribution is -0.123. The molecule has 0 aliphatic rings. The van der Waals surface area contributed by atoms with Crippen LogP contribution in [0.2, 0.25) is 0 Å². The van der Waals surface area contributed by atoms with Crippen molar-refractivity contribution in [1.82, 2.24) is 5.32 Å². The Labute approximate surface area is 126 Å². The van der Waals surface area contributed by atoms with Crippen LogP contribution in [0.1, 0.15) is 0 Å². The molecule has 1 N–H and O–H groups in total. The van der Waals surface area contributed by atoms with Crippen LogP contribution in [-0.2, 0) is 4.79 Å². The van der Waals surface area contributed by atoms with E-state index in [0.717, 1.165) is 12.1 Å². The van der Waals surface area contributed by atoms with Crippen molar-refractivity contribution in [3.8, 4) is 11.5 Å². The summed E-state index contributed by atoms with van der Waals surface area (Å²) in [6.07, 6.45) is 0. The molecule has 0 aromatic heterocycles. The van der Waals surface area contributed by atoms with Crippen LogP contribution in [0.3, 0.4) is 0 Å². The second-order valence-corrected chi connectivity index (χ2v) is 4.37. The fourth-order valence-corrected chi connectivity index (χ4v) is 1.66. The number of benzene rings is 2. The standard InChI is InChI=1S/C16H15F2NO3/c17-12-6-7-15(14(18)10-12)21-9-8-19-16(20)11-22-13-4-2-1-3-5-13/h1-7,10H,8-9,11H2,(H,19,20). The van der Waals surface area contributed by atoms with Gasteiger partial charge >= 0.3 is 0 Å². The second-order valence-electron chi connectivity index (χ2n) is 4.37. The van der Waals surface area contributed by atoms with Crippen molar-refractivity contribution in [2.24, 2.45) is 0 Å². The summed E-state index contributed by atoms with van der Waals surface area (Å²) in [6, 6.07) is 12.0. The third-order valence-electron chi connectivity index (χ3n) is 2.69. The molecule has 0 fully saturated rings. The maximum absolute atomic E-state index is 13.3. The van der Waals surface area contributed by atoms with Gasteiger partial charge < -0.3 is 14.8 Å². The van der Waals surface area contributed by atoms with Gasteiger partial charge in [0.05, 0.1) is 6.54 Å². The van der Waals surface area contributed by atoms with E-state index in [-0.39, 0.29) is 31.4 Å². The molecule has 0 unspecified atom stereocenters. The first-order chi connectivity index (χ1) is 10.6. The van der Waals surface area contributed by atoms with Gasteiger partial charge in [0, 0.05) is 6.07 Å². The van der Waals surface area contributed by atoms with Gasteiger partial charge in [0.15, 0.2) is 18.2 Å². The first-order valence-corrected chi connectivity index (χ1v) is 6.67. The smallest absolute Gasteiger partial charge is 0.258 e. The number of nitrogens with one attached hydrogen (secondary N) is 1. The number of carbonyl (C=O) groups is 1. The van der Waals surface area contributed by atoms with Crippen LogP contribution in [-0.4, -0.2) is 25.7 Å². The number of hydrogen-bond acceptors (Lipinski definition) is 3. The Kier molecular flexibility index (Phi) is 5.71. The zero-order valence-corrected chi connectivity index (χ0v) is 11.7. The molecule has 0 saturated heterocycles. The normalized spacial score (nSPS) is 10.1. The van der Waals surface area contributed by atoms with Gasteiger partial charge in [-0.2, -0.15) is 0 Å². The Hall–Kier alpha value is -2.63. The first-order valence-electron chi connectivity index (χ1n) is 6.67. The molecular formula is C16H15F2NO3. The van der Waals surface area contributed by atoms with Gasteiger partial charge in [-0.1, -0.05) is 18.2 Å². The fourth-order valence-electron chi connectivity index (χ4n) is 1.66. The molecule has 0 radical (unpaired) electrons. The predicted molar refractivity (Wildman–Crippen MR) is 76.8 cm³/mol. The van der Waals surface area contributed by atoms with E-state index in [4.69, 9.17) is 9.47 Å². The van der Waals surface area contributed by atoms with Crippen molar-refractivity contribution in [2.45, 2.75) is 0 Å². The molecule has 0 heterocycles. The summed E-state index contributed by atoms with van der Waals surface area (Å²) in [5.41, 5.74) is 0. The molecule has 0 spiro atoms. The summed E-state index contributed by atoms with van der Waals surface area (Å²) in [5, 5.41) is 2.57. The molecule has 0 bridgehead atoms. The minimum absolute atomic E-state index is 0.0591. The monoisotopic (exact) mass is 307 g/mol. The van der Waals surface area contributed by atoms with Gasteiger partial charge in [-0.15, -0.1) is 0 Å². The Morgan fingerprint density at radius 1 is 1.05 bits per heavy atom. The Bertz CT molecular complexity index is 620. The maximum atomic E-state index is 13.3. The van der Waals surface area contributed by atoms with E-state index in [2.05, 4.69) is 5.32 Å². The van der Waals surface area contributed by atoms with E-state index < -0.39 is 11.6 Å². The van der Waals surface area contributed by atoms with E-state index in [9.17, 15) is 13.6 Å². The summed E-state index contributed by atoms with van der Waals surface area (Å²) in [4.78, 5) is 11.5. The Morgan fingerprint density at radius 2 is 1.82 bits per heavy atom. The van der Waals surface area contributed by atoms with Gasteiger partial charge in [0.25, 0.3) is 5.91 Å². The molecule has 0 saturated carbocycles. The van der Waals surface area contributed by atoms with Crippen molar-refractivity contribution >= 4 is 5.91 Å². The molecule has 0 aliphatic carbocycles. The SMILES string of the molecule is O=C(COc1ccccc1)NCCOc1ccc(F)cc1F. The third kappa shape index (κ3) is 5.05. The lowest BCUT2D eigenvalue weighted by Crippen LogP contribution is -2.32. The largest absolute Gasteiger partial charge is 0.489 e. The number of rotatable bonds is 7. The fraction of sp³-hybridized carbons (Fsp3) is 0.188. The summed E-state index contributed by atoms with van der Waals surface area (Å²) < 4.78 is 36.3. The molecule has 0 aliphatic heterocycles. The van der Waals surface area contributed by atoms with Gasteiger partial charge in [0.2, 0.25) is 0 Å². The van der Waals surface area contributed by atoms with E-state index in [1.54, 1.807) is 24.3 Å². The average Bonchev–Trinajstić information content (AvgIpc) is 2.52. The third-order valence-corrected chi connectivity index (χ3v) is 2.69. The van der Waals surface area contributed by atoms with Gasteiger partial charge in [-0.3, -0.25) is 4.79 Å². The molecule has 1 amide bonds. The van der Waals surface area contributed by atoms with Gasteiger partial charge in [-0.05, 0) is 24.3 Å². The number of hydrogen-bond donors (Lipinski definition) is 1. The molecule has 116 valence electrons. The topological polar surface area (TPSA) is 47.6 Å². The van der Waals surface area contributed by atoms with Crippen LogP contribution >= 0.6 is 0 Å². The quantitative estimate of drug-likeness (QED) is 0.800. The maximum Gasteiger partial charge on any atom is 0.258 e. The average molecular weight is 307 g/mol. The second kappa shape index (κ2) is 7.97. The van der Waals surface area contributed by atoms with Crippen molar-refractivity contribution < 1.29 is 23.0 Å². The van der Waals surface area contributed by atoms with Crippen LogP contribution in [0, 0.1) is 11.6 Å². The zero-order chi connectivity index (χ0) is 15.8. The highest BCUT2D eigenvalue weighted by atomic mass is 19.1. The van der Waals surface area contributed by atoms with Crippen molar-refractivity contribution in [3.63, 3.8) is 0 Å². The minimum Gasteiger partial charge on any atom is -0.489 e. The van der Waals surface area contributed by atoms with Crippen molar-refractivity contribution in [3.05, 3.63) is 60.2 Å². The zero-order valence-electron chi connectivity index (χ0n) is 11.7. The molecule has 22 heavy (non-hydrogen) atoms. The summed E-state index contributed by atoms with van der Waals surface area (Å²) in [7, 11) is 0. The minimum atomic E-state index is -0.779. The molecule has 2 aromatic rings. The number of para-hydroxylation sites is 1. The lowest BCUT2D eigenvalue weighted by Gasteiger charge is -2.09. The Balaban J connectivity index is 1.65. The van der Waals surface area contributed by atoms with Crippen LogP contribution in [0.5, 0.6) is 11.5 Å². The highest BCUT2D eigenvalue weighted by molar-refractivity contribution is 5.77. The summed E-state index contributed by atoms with van der Waals surface area (Å²) in [5.74, 6) is -1.22. The van der Waals surface area contributed by atoms with E-state index in [1.165, 1.54) is 6.07 Å². The summed E-state index contributed by atoms with van der Waals surface area (Å²) in [6.45, 7) is 0.141. The van der Waals surface area contributed by atoms with Crippen molar-refractivity contribution in [2.75, 3.05) is 19.8 Å². The Morgan fingerprint density at radius 3 is 2.55 bits per heavy atom. The van der Waals surface area contributed by atoms with E-state index in [1.807, 2.05) is 6.07 Å². The van der Waals surface area contributed by atoms with E-state index >= 15 is 0 Å². The number of halogens is 2. The number of ether oxygens (including phenoxy) is 2. The molecular weight excluding hydrogens is 292 g/mol. The lowest BCUT2D eigenvalue weighted by atomic mass is 10.3. The molecule has 2 aromatic carbocycles. The van der Waals surface area contributed by atoms with Crippen molar-refractivity contribution in [1.29, 1.82) is 0 Å². The number of amides is 1. The van der Waals surface area contributed by atoms with Crippen LogP contribution < -0.4 is 14.8 Å². The van der Waals surface area contributed by atoms with E-state index in [0.29, 0.717) is 5.75 Å². The van der Waals surface area contributed by atoms with Crippen LogP contribution in [0.15, 0.2) is 48.5 Å². The molecule has 4 nitrogen and oxygen atoms in total. The van der Waals surface area contributed by atoms with Gasteiger partial charge in [-0.25, -0.2) is 8.78 Å². The van der Waals surface area contributed by atoms with Crippen LogP contribution in [0.25, 0.3) is 0 Å². The highest BCUT2D eigenvalue weighted by Crippen LogP contribution is 2.17. The van der Waals surface area contributed by atoms with Gasteiger partial charge in [0.1, 0.15) is 18.2 Å². The predicted octanol–water partition coefficient (Wildman–Crippen LogP) is 2.54. The van der Waals surface area contributed by atoms with Crippen LogP contribution in [0.4, 0.5) is 8.78 Å². The summed E-state index contributed by atoms with van der Waals surface area (Å²) >= 11 is 0. The molecule has 2 rings (SSSR count). The number of carbonyl (C=O) groups excluding carboxylic acids is 1. The first kappa shape index (κ1) is 15.8.